The van der Waals surface area contributed by atoms with Crippen LogP contribution in [-0.4, -0.2) is 30.6 Å². The molecule has 0 fully saturated rings. The largest absolute Gasteiger partial charge is 0.433 e. The summed E-state index contributed by atoms with van der Waals surface area (Å²) in [6, 6.07) is 3.01. The number of aromatic amines is 1. The van der Waals surface area contributed by atoms with Gasteiger partial charge in [0.05, 0.1) is 6.04 Å². The zero-order chi connectivity index (χ0) is 19.6. The van der Waals surface area contributed by atoms with Crippen LogP contribution in [0.15, 0.2) is 47.8 Å². The summed E-state index contributed by atoms with van der Waals surface area (Å²) in [7, 11) is 0. The average Bonchev–Trinajstić information content (AvgIpc) is 3.15. The topological polar surface area (TPSA) is 106 Å². The van der Waals surface area contributed by atoms with E-state index in [2.05, 4.69) is 25.4 Å². The maximum atomic E-state index is 12.5. The molecule has 8 nitrogen and oxygen atoms in total. The minimum absolute atomic E-state index is 0.140. The highest BCUT2D eigenvalue weighted by atomic mass is 19.4. The minimum atomic E-state index is -4.54. The minimum Gasteiger partial charge on any atom is -0.345 e. The van der Waals surface area contributed by atoms with Crippen LogP contribution in [-0.2, 0) is 6.18 Å². The Labute approximate surface area is 150 Å². The van der Waals surface area contributed by atoms with Gasteiger partial charge < -0.3 is 5.32 Å². The van der Waals surface area contributed by atoms with Gasteiger partial charge in [-0.25, -0.2) is 9.67 Å². The smallest absolute Gasteiger partial charge is 0.345 e. The molecule has 0 aliphatic rings. The molecule has 3 rings (SSSR count). The van der Waals surface area contributed by atoms with E-state index in [0.717, 1.165) is 18.5 Å². The van der Waals surface area contributed by atoms with Crippen molar-refractivity contribution in [2.75, 3.05) is 0 Å². The van der Waals surface area contributed by atoms with Gasteiger partial charge in [-0.2, -0.15) is 18.3 Å². The van der Waals surface area contributed by atoms with E-state index in [1.54, 1.807) is 19.2 Å². The van der Waals surface area contributed by atoms with Crippen LogP contribution in [0.1, 0.15) is 34.6 Å². The molecular weight excluding hydrogens is 365 g/mol. The van der Waals surface area contributed by atoms with E-state index in [1.165, 1.54) is 16.9 Å². The SMILES string of the molecule is C[C@H](NC(=O)c1cnc(-n2cccn2)[nH]c1=O)c1ccc(C(F)(F)F)nc1. The Bertz CT molecular complexity index is 996. The number of rotatable bonds is 4. The Morgan fingerprint density at radius 2 is 2.04 bits per heavy atom. The first-order valence-electron chi connectivity index (χ1n) is 7.69. The molecule has 3 aromatic rings. The fourth-order valence-electron chi connectivity index (χ4n) is 2.24. The van der Waals surface area contributed by atoms with E-state index in [9.17, 15) is 22.8 Å². The maximum Gasteiger partial charge on any atom is 0.433 e. The molecule has 0 unspecified atom stereocenters. The first kappa shape index (κ1) is 18.3. The number of aromatic nitrogens is 5. The zero-order valence-electron chi connectivity index (χ0n) is 13.9. The third-order valence-corrected chi connectivity index (χ3v) is 3.68. The normalized spacial score (nSPS) is 12.6. The molecule has 0 spiro atoms. The molecule has 0 aromatic carbocycles. The second kappa shape index (κ2) is 7.02. The molecule has 3 aromatic heterocycles. The van der Waals surface area contributed by atoms with Crippen molar-refractivity contribution in [1.82, 2.24) is 30.0 Å². The van der Waals surface area contributed by atoms with Gasteiger partial charge in [-0.3, -0.25) is 19.6 Å². The van der Waals surface area contributed by atoms with Crippen LogP contribution in [0, 0.1) is 0 Å². The van der Waals surface area contributed by atoms with Gasteiger partial charge in [0.1, 0.15) is 11.3 Å². The van der Waals surface area contributed by atoms with Gasteiger partial charge in [0.2, 0.25) is 5.95 Å². The van der Waals surface area contributed by atoms with E-state index in [4.69, 9.17) is 0 Å². The van der Waals surface area contributed by atoms with Gasteiger partial charge in [-0.15, -0.1) is 0 Å². The Kier molecular flexibility index (Phi) is 4.75. The molecule has 0 aliphatic carbocycles. The van der Waals surface area contributed by atoms with Crippen molar-refractivity contribution in [3.05, 3.63) is 70.2 Å². The lowest BCUT2D eigenvalue weighted by Crippen LogP contribution is -2.32. The van der Waals surface area contributed by atoms with Gasteiger partial charge in [0, 0.05) is 24.8 Å². The van der Waals surface area contributed by atoms with Crippen molar-refractivity contribution in [2.45, 2.75) is 19.1 Å². The van der Waals surface area contributed by atoms with E-state index in [-0.39, 0.29) is 11.5 Å². The lowest BCUT2D eigenvalue weighted by atomic mass is 10.1. The third kappa shape index (κ3) is 4.02. The Hall–Kier alpha value is -3.50. The molecule has 140 valence electrons. The number of carbonyl (C=O) groups is 1. The number of amides is 1. The predicted octanol–water partition coefficient (Wildman–Crippen LogP) is 1.86. The highest BCUT2D eigenvalue weighted by molar-refractivity contribution is 5.93. The summed E-state index contributed by atoms with van der Waals surface area (Å²) in [6.45, 7) is 1.56. The van der Waals surface area contributed by atoms with Crippen LogP contribution in [0.25, 0.3) is 5.95 Å². The number of nitrogens with one attached hydrogen (secondary N) is 2. The van der Waals surface area contributed by atoms with Gasteiger partial charge in [-0.05, 0) is 24.6 Å². The summed E-state index contributed by atoms with van der Waals surface area (Å²) in [4.78, 5) is 34.1. The van der Waals surface area contributed by atoms with E-state index >= 15 is 0 Å². The number of alkyl halides is 3. The number of pyridine rings is 1. The Morgan fingerprint density at radius 3 is 2.59 bits per heavy atom. The van der Waals surface area contributed by atoms with Crippen LogP contribution < -0.4 is 10.9 Å². The highest BCUT2D eigenvalue weighted by Gasteiger charge is 2.32. The molecule has 0 saturated carbocycles. The summed E-state index contributed by atoms with van der Waals surface area (Å²) >= 11 is 0. The molecular formula is C16H13F3N6O2. The summed E-state index contributed by atoms with van der Waals surface area (Å²) in [5.41, 5.74) is -1.59. The van der Waals surface area contributed by atoms with Crippen molar-refractivity contribution in [3.8, 4) is 5.95 Å². The molecule has 3 heterocycles. The lowest BCUT2D eigenvalue weighted by molar-refractivity contribution is -0.141. The number of nitrogens with zero attached hydrogens (tertiary/aromatic N) is 4. The van der Waals surface area contributed by atoms with Crippen LogP contribution in [0.3, 0.4) is 0 Å². The van der Waals surface area contributed by atoms with Crippen molar-refractivity contribution in [3.63, 3.8) is 0 Å². The fraction of sp³-hybridized carbons (Fsp3) is 0.188. The van der Waals surface area contributed by atoms with Crippen molar-refractivity contribution in [1.29, 1.82) is 0 Å². The first-order valence-corrected chi connectivity index (χ1v) is 7.69. The number of hydrogen-bond donors (Lipinski definition) is 2. The second-order valence-corrected chi connectivity index (χ2v) is 5.57. The van der Waals surface area contributed by atoms with Crippen molar-refractivity contribution < 1.29 is 18.0 Å². The van der Waals surface area contributed by atoms with E-state index in [1.807, 2.05) is 0 Å². The number of halogens is 3. The lowest BCUT2D eigenvalue weighted by Gasteiger charge is -2.14. The van der Waals surface area contributed by atoms with Crippen LogP contribution >= 0.6 is 0 Å². The molecule has 1 amide bonds. The summed E-state index contributed by atoms with van der Waals surface area (Å²) in [6.07, 6.45) is 0.651. The highest BCUT2D eigenvalue weighted by Crippen LogP contribution is 2.27. The molecule has 27 heavy (non-hydrogen) atoms. The molecule has 2 N–H and O–H groups in total. The van der Waals surface area contributed by atoms with Crippen LogP contribution in [0.4, 0.5) is 13.2 Å². The van der Waals surface area contributed by atoms with Gasteiger partial charge in [0.15, 0.2) is 0 Å². The predicted molar refractivity (Wildman–Crippen MR) is 87.1 cm³/mol. The van der Waals surface area contributed by atoms with Gasteiger partial charge >= 0.3 is 6.18 Å². The first-order chi connectivity index (χ1) is 12.8. The van der Waals surface area contributed by atoms with Gasteiger partial charge in [0.25, 0.3) is 11.5 Å². The van der Waals surface area contributed by atoms with Crippen molar-refractivity contribution in [2.24, 2.45) is 0 Å². The molecule has 1 atom stereocenters. The van der Waals surface area contributed by atoms with Crippen LogP contribution in [0.5, 0.6) is 0 Å². The summed E-state index contributed by atoms with van der Waals surface area (Å²) < 4.78 is 39.0. The van der Waals surface area contributed by atoms with Crippen LogP contribution in [0.2, 0.25) is 0 Å². The van der Waals surface area contributed by atoms with E-state index in [0.29, 0.717) is 5.56 Å². The zero-order valence-corrected chi connectivity index (χ0v) is 13.9. The fourth-order valence-corrected chi connectivity index (χ4v) is 2.24. The summed E-state index contributed by atoms with van der Waals surface area (Å²) in [5, 5.41) is 6.43. The quantitative estimate of drug-likeness (QED) is 0.721. The monoisotopic (exact) mass is 378 g/mol. The second-order valence-electron chi connectivity index (χ2n) is 5.57. The maximum absolute atomic E-state index is 12.5. The third-order valence-electron chi connectivity index (χ3n) is 3.68. The summed E-state index contributed by atoms with van der Waals surface area (Å²) in [5.74, 6) is -0.579. The average molecular weight is 378 g/mol. The number of hydrogen-bond acceptors (Lipinski definition) is 5. The molecule has 0 radical (unpaired) electrons. The van der Waals surface area contributed by atoms with E-state index < -0.39 is 29.4 Å². The molecule has 0 bridgehead atoms. The molecule has 11 heteroatoms. The Balaban J connectivity index is 1.74. The number of H-pyrrole nitrogens is 1. The molecule has 0 saturated heterocycles. The number of carbonyl (C=O) groups excluding carboxylic acids is 1. The standard InChI is InChI=1S/C16H13F3N6O2/c1-9(10-3-4-12(20-7-10)16(17,18)19)23-13(26)11-8-21-15(24-14(11)27)25-6-2-5-22-25/h2-9H,1H3,(H,23,26)(H,21,24,27)/t9-/m0/s1. The Morgan fingerprint density at radius 1 is 1.26 bits per heavy atom. The van der Waals surface area contributed by atoms with Gasteiger partial charge in [-0.1, -0.05) is 6.07 Å². The van der Waals surface area contributed by atoms with Crippen molar-refractivity contribution >= 4 is 5.91 Å². The molecule has 0 aliphatic heterocycles.